The molecule has 1 heterocycles. The molecule has 0 radical (unpaired) electrons. The fourth-order valence-electron chi connectivity index (χ4n) is 0.746. The molecular weight excluding hydrogens is 220 g/mol. The summed E-state index contributed by atoms with van der Waals surface area (Å²) in [6.45, 7) is 3.36. The topological polar surface area (TPSA) is 3.24 Å². The van der Waals surface area contributed by atoms with Crippen molar-refractivity contribution in [3.8, 4) is 0 Å². The molecule has 1 nitrogen and oxygen atoms in total. The van der Waals surface area contributed by atoms with Gasteiger partial charge in [-0.05, 0) is 6.92 Å². The normalized spacial score (nSPS) is 27.4. The lowest BCUT2D eigenvalue weighted by Gasteiger charge is -2.36. The molecule has 3 heteroatoms. The highest BCUT2D eigenvalue weighted by Gasteiger charge is 2.28. The van der Waals surface area contributed by atoms with E-state index in [0.29, 0.717) is 17.1 Å². The van der Waals surface area contributed by atoms with E-state index < -0.39 is 6.17 Å². The molecular formula is C5H9FIN. The SMILES string of the molecule is CC(I)N1CC(F)C1. The van der Waals surface area contributed by atoms with E-state index in [-0.39, 0.29) is 0 Å². The third kappa shape index (κ3) is 1.31. The van der Waals surface area contributed by atoms with Gasteiger partial charge in [0.25, 0.3) is 0 Å². The first-order valence-corrected chi connectivity index (χ1v) is 3.97. The minimum atomic E-state index is -0.549. The molecule has 0 saturated carbocycles. The molecule has 1 rings (SSSR count). The van der Waals surface area contributed by atoms with Gasteiger partial charge in [-0.3, -0.25) is 4.90 Å². The maximum absolute atomic E-state index is 12.1. The first-order chi connectivity index (χ1) is 3.70. The second-order valence-electron chi connectivity index (χ2n) is 2.13. The molecule has 0 spiro atoms. The molecule has 0 aromatic rings. The largest absolute Gasteiger partial charge is 0.286 e. The van der Waals surface area contributed by atoms with Gasteiger partial charge in [0.15, 0.2) is 0 Å². The van der Waals surface area contributed by atoms with Crippen molar-refractivity contribution in [2.45, 2.75) is 17.1 Å². The molecule has 0 aliphatic carbocycles. The van der Waals surface area contributed by atoms with Crippen LogP contribution in [0.3, 0.4) is 0 Å². The minimum Gasteiger partial charge on any atom is -0.286 e. The Labute approximate surface area is 62.4 Å². The zero-order valence-corrected chi connectivity index (χ0v) is 6.93. The van der Waals surface area contributed by atoms with Crippen LogP contribution in [-0.4, -0.2) is 28.2 Å². The first-order valence-electron chi connectivity index (χ1n) is 2.72. The second kappa shape index (κ2) is 2.47. The highest BCUT2D eigenvalue weighted by molar-refractivity contribution is 14.1. The van der Waals surface area contributed by atoms with Gasteiger partial charge < -0.3 is 0 Å². The summed E-state index contributed by atoms with van der Waals surface area (Å²) in [4.78, 5) is 2.10. The summed E-state index contributed by atoms with van der Waals surface area (Å²) in [7, 11) is 0. The van der Waals surface area contributed by atoms with E-state index >= 15 is 0 Å². The van der Waals surface area contributed by atoms with Gasteiger partial charge in [-0.2, -0.15) is 0 Å². The van der Waals surface area contributed by atoms with Crippen molar-refractivity contribution in [2.24, 2.45) is 0 Å². The summed E-state index contributed by atoms with van der Waals surface area (Å²) >= 11 is 2.29. The Morgan fingerprint density at radius 1 is 1.75 bits per heavy atom. The molecule has 0 N–H and O–H groups in total. The Hall–Kier alpha value is 0.620. The summed E-state index contributed by atoms with van der Waals surface area (Å²) in [6, 6.07) is 0. The van der Waals surface area contributed by atoms with Gasteiger partial charge in [0.2, 0.25) is 0 Å². The molecule has 48 valence electrons. The van der Waals surface area contributed by atoms with Gasteiger partial charge in [0, 0.05) is 13.1 Å². The summed E-state index contributed by atoms with van der Waals surface area (Å²) < 4.78 is 12.6. The van der Waals surface area contributed by atoms with E-state index in [4.69, 9.17) is 0 Å². The van der Waals surface area contributed by atoms with Crippen molar-refractivity contribution < 1.29 is 4.39 Å². The molecule has 8 heavy (non-hydrogen) atoms. The van der Waals surface area contributed by atoms with Gasteiger partial charge in [-0.1, -0.05) is 22.6 Å². The number of hydrogen-bond donors (Lipinski definition) is 0. The van der Waals surface area contributed by atoms with Crippen LogP contribution < -0.4 is 0 Å². The van der Waals surface area contributed by atoms with Crippen molar-refractivity contribution in [1.82, 2.24) is 4.90 Å². The zero-order valence-electron chi connectivity index (χ0n) is 4.77. The van der Waals surface area contributed by atoms with Gasteiger partial charge in [0.1, 0.15) is 6.17 Å². The molecule has 1 aliphatic rings. The number of nitrogens with zero attached hydrogens (tertiary/aromatic N) is 1. The first kappa shape index (κ1) is 6.74. The zero-order chi connectivity index (χ0) is 6.15. The lowest BCUT2D eigenvalue weighted by molar-refractivity contribution is 0.0654. The Bertz CT molecular complexity index is 80.5. The molecule has 1 atom stereocenters. The molecule has 1 saturated heterocycles. The fraction of sp³-hybridized carbons (Fsp3) is 1.00. The van der Waals surface area contributed by atoms with Crippen LogP contribution in [0, 0.1) is 0 Å². The summed E-state index contributed by atoms with van der Waals surface area (Å²) in [5.41, 5.74) is 0. The van der Waals surface area contributed by atoms with Crippen LogP contribution in [0.25, 0.3) is 0 Å². The maximum Gasteiger partial charge on any atom is 0.125 e. The summed E-state index contributed by atoms with van der Waals surface area (Å²) in [6.07, 6.45) is -0.549. The lowest BCUT2D eigenvalue weighted by atomic mass is 10.2. The van der Waals surface area contributed by atoms with E-state index in [2.05, 4.69) is 34.4 Å². The van der Waals surface area contributed by atoms with Crippen LogP contribution in [0.1, 0.15) is 6.92 Å². The minimum absolute atomic E-state index is 0.500. The average Bonchev–Trinajstić information content (AvgIpc) is 1.57. The third-order valence-corrected chi connectivity index (χ3v) is 2.16. The lowest BCUT2D eigenvalue weighted by Crippen LogP contribution is -2.50. The smallest absolute Gasteiger partial charge is 0.125 e. The summed E-state index contributed by atoms with van der Waals surface area (Å²) in [5.74, 6) is 0. The monoisotopic (exact) mass is 229 g/mol. The van der Waals surface area contributed by atoms with Gasteiger partial charge in [-0.15, -0.1) is 0 Å². The number of halogens is 2. The van der Waals surface area contributed by atoms with Crippen molar-refractivity contribution in [3.63, 3.8) is 0 Å². The fourth-order valence-corrected chi connectivity index (χ4v) is 1.20. The Morgan fingerprint density at radius 3 is 2.38 bits per heavy atom. The molecule has 1 fully saturated rings. The van der Waals surface area contributed by atoms with Gasteiger partial charge in [0.05, 0.1) is 4.05 Å². The number of likely N-dealkylation sites (tertiary alicyclic amines) is 1. The van der Waals surface area contributed by atoms with Crippen LogP contribution in [0.5, 0.6) is 0 Å². The molecule has 0 aromatic heterocycles. The number of rotatable bonds is 1. The maximum atomic E-state index is 12.1. The van der Waals surface area contributed by atoms with Crippen molar-refractivity contribution in [2.75, 3.05) is 13.1 Å². The quantitative estimate of drug-likeness (QED) is 0.373. The number of hydrogen-bond acceptors (Lipinski definition) is 1. The number of alkyl halides is 2. The van der Waals surface area contributed by atoms with Gasteiger partial charge in [-0.25, -0.2) is 4.39 Å². The molecule has 0 amide bonds. The molecule has 0 bridgehead atoms. The van der Waals surface area contributed by atoms with Crippen LogP contribution in [0.15, 0.2) is 0 Å². The van der Waals surface area contributed by atoms with Gasteiger partial charge >= 0.3 is 0 Å². The van der Waals surface area contributed by atoms with E-state index in [1.807, 2.05) is 0 Å². The Kier molecular flexibility index (Phi) is 2.08. The van der Waals surface area contributed by atoms with Crippen LogP contribution in [0.4, 0.5) is 4.39 Å². The average molecular weight is 229 g/mol. The summed E-state index contributed by atoms with van der Waals surface area (Å²) in [5, 5.41) is 0. The second-order valence-corrected chi connectivity index (χ2v) is 3.93. The predicted octanol–water partition coefficient (Wildman–Crippen LogP) is 1.42. The molecule has 1 aliphatic heterocycles. The Morgan fingerprint density at radius 2 is 2.25 bits per heavy atom. The molecule has 1 unspecified atom stereocenters. The van der Waals surface area contributed by atoms with E-state index in [1.165, 1.54) is 0 Å². The highest BCUT2D eigenvalue weighted by atomic mass is 127. The van der Waals surface area contributed by atoms with Crippen molar-refractivity contribution in [1.29, 1.82) is 0 Å². The van der Waals surface area contributed by atoms with E-state index in [9.17, 15) is 4.39 Å². The van der Waals surface area contributed by atoms with Crippen molar-refractivity contribution in [3.05, 3.63) is 0 Å². The Balaban J connectivity index is 2.15. The van der Waals surface area contributed by atoms with Crippen LogP contribution in [0.2, 0.25) is 0 Å². The highest BCUT2D eigenvalue weighted by Crippen LogP contribution is 2.17. The van der Waals surface area contributed by atoms with Crippen molar-refractivity contribution >= 4 is 22.6 Å². The molecule has 0 aromatic carbocycles. The standard InChI is InChI=1S/C5H9FIN/c1-4(7)8-2-5(6)3-8/h4-5H,2-3H2,1H3. The van der Waals surface area contributed by atoms with Crippen LogP contribution in [-0.2, 0) is 0 Å². The van der Waals surface area contributed by atoms with Crippen LogP contribution >= 0.6 is 22.6 Å². The third-order valence-electron chi connectivity index (χ3n) is 1.37. The predicted molar refractivity (Wildman–Crippen MR) is 40.0 cm³/mol. The van der Waals surface area contributed by atoms with E-state index in [0.717, 1.165) is 0 Å². The van der Waals surface area contributed by atoms with E-state index in [1.54, 1.807) is 0 Å².